The van der Waals surface area contributed by atoms with Crippen LogP contribution in [-0.2, 0) is 0 Å². The van der Waals surface area contributed by atoms with Crippen LogP contribution in [0.1, 0.15) is 19.4 Å². The van der Waals surface area contributed by atoms with Gasteiger partial charge in [0.2, 0.25) is 0 Å². The second-order valence-electron chi connectivity index (χ2n) is 4.55. The van der Waals surface area contributed by atoms with Crippen molar-refractivity contribution in [3.63, 3.8) is 0 Å². The lowest BCUT2D eigenvalue weighted by atomic mass is 10.2. The summed E-state index contributed by atoms with van der Waals surface area (Å²) < 4.78 is 0. The minimum atomic E-state index is 0.645. The molecule has 0 aromatic heterocycles. The number of aryl methyl sites for hydroxylation is 1. The number of benzene rings is 1. The van der Waals surface area contributed by atoms with E-state index in [1.807, 2.05) is 25.1 Å². The molecule has 0 saturated heterocycles. The van der Waals surface area contributed by atoms with Crippen molar-refractivity contribution in [1.82, 2.24) is 5.32 Å². The summed E-state index contributed by atoms with van der Waals surface area (Å²) in [6, 6.07) is 5.85. The number of halogens is 1. The maximum Gasteiger partial charge on any atom is 0.170 e. The molecule has 0 aliphatic carbocycles. The summed E-state index contributed by atoms with van der Waals surface area (Å²) in [6.07, 6.45) is 0. The molecule has 106 valence electrons. The lowest BCUT2D eigenvalue weighted by Gasteiger charge is -2.16. The van der Waals surface area contributed by atoms with Crippen molar-refractivity contribution in [1.29, 1.82) is 0 Å². The third-order valence-corrected chi connectivity index (χ3v) is 3.85. The smallest absolute Gasteiger partial charge is 0.170 e. The van der Waals surface area contributed by atoms with E-state index in [1.165, 1.54) is 0 Å². The van der Waals surface area contributed by atoms with Gasteiger partial charge in [0.15, 0.2) is 5.11 Å². The first-order valence-corrected chi connectivity index (χ1v) is 7.50. The van der Waals surface area contributed by atoms with E-state index >= 15 is 0 Å². The highest BCUT2D eigenvalue weighted by Gasteiger charge is 2.03. The first-order valence-electron chi connectivity index (χ1n) is 6.71. The lowest BCUT2D eigenvalue weighted by molar-refractivity contribution is -0.895. The normalized spacial score (nSPS) is 10.6. The predicted octanol–water partition coefficient (Wildman–Crippen LogP) is 1.86. The number of rotatable bonds is 6. The van der Waals surface area contributed by atoms with E-state index in [9.17, 15) is 0 Å². The van der Waals surface area contributed by atoms with Crippen LogP contribution in [0, 0.1) is 6.92 Å². The minimum absolute atomic E-state index is 0.645. The van der Waals surface area contributed by atoms with Crippen molar-refractivity contribution in [3.8, 4) is 0 Å². The number of quaternary nitrogens is 1. The maximum absolute atomic E-state index is 6.07. The Bertz CT molecular complexity index is 419. The van der Waals surface area contributed by atoms with Crippen molar-refractivity contribution in [2.75, 3.05) is 31.5 Å². The van der Waals surface area contributed by atoms with Gasteiger partial charge in [0.25, 0.3) is 0 Å². The molecule has 1 rings (SSSR count). The molecule has 0 radical (unpaired) electrons. The molecule has 3 nitrogen and oxygen atoms in total. The molecular weight excluding hydrogens is 278 g/mol. The number of hydrogen-bond donors (Lipinski definition) is 3. The quantitative estimate of drug-likeness (QED) is 0.701. The van der Waals surface area contributed by atoms with E-state index in [4.69, 9.17) is 23.8 Å². The summed E-state index contributed by atoms with van der Waals surface area (Å²) in [5.74, 6) is 0. The Morgan fingerprint density at radius 3 is 2.58 bits per heavy atom. The highest BCUT2D eigenvalue weighted by molar-refractivity contribution is 7.80. The van der Waals surface area contributed by atoms with Gasteiger partial charge in [0.05, 0.1) is 26.2 Å². The summed E-state index contributed by atoms with van der Waals surface area (Å²) in [4.78, 5) is 1.56. The van der Waals surface area contributed by atoms with Crippen LogP contribution in [0.3, 0.4) is 0 Å². The summed E-state index contributed by atoms with van der Waals surface area (Å²) >= 11 is 11.3. The maximum atomic E-state index is 6.07. The molecule has 0 saturated carbocycles. The minimum Gasteiger partial charge on any atom is -0.357 e. The largest absolute Gasteiger partial charge is 0.357 e. The van der Waals surface area contributed by atoms with Crippen molar-refractivity contribution in [2.45, 2.75) is 20.8 Å². The molecule has 1 aromatic rings. The number of anilines is 1. The van der Waals surface area contributed by atoms with E-state index in [0.717, 1.165) is 42.5 Å². The first-order chi connectivity index (χ1) is 9.06. The van der Waals surface area contributed by atoms with Crippen LogP contribution in [0.4, 0.5) is 5.69 Å². The van der Waals surface area contributed by atoms with Gasteiger partial charge < -0.3 is 15.5 Å². The Morgan fingerprint density at radius 1 is 1.32 bits per heavy atom. The second-order valence-corrected chi connectivity index (χ2v) is 5.37. The van der Waals surface area contributed by atoms with Gasteiger partial charge in [0.1, 0.15) is 0 Å². The number of thiocarbonyl (C=S) groups is 1. The van der Waals surface area contributed by atoms with Gasteiger partial charge in [-0.05, 0) is 50.7 Å². The topological polar surface area (TPSA) is 28.5 Å². The number of likely N-dealkylation sites (N-methyl/N-ethyl adjacent to an activating group) is 1. The SMILES string of the molecule is CC[NH+](CC)CCNC(=S)Nc1ccc(C)c(Cl)c1. The van der Waals surface area contributed by atoms with Crippen LogP contribution in [0.15, 0.2) is 18.2 Å². The van der Waals surface area contributed by atoms with Crippen molar-refractivity contribution >= 4 is 34.6 Å². The average molecular weight is 301 g/mol. The Balaban J connectivity index is 2.36. The number of nitrogens with one attached hydrogen (secondary N) is 3. The Kier molecular flexibility index (Phi) is 7.13. The van der Waals surface area contributed by atoms with Crippen LogP contribution in [0.25, 0.3) is 0 Å². The zero-order valence-corrected chi connectivity index (χ0v) is 13.4. The Labute approximate surface area is 126 Å². The van der Waals surface area contributed by atoms with E-state index in [1.54, 1.807) is 4.90 Å². The Hall–Kier alpha value is -0.840. The summed E-state index contributed by atoms with van der Waals surface area (Å²) in [5.41, 5.74) is 1.99. The molecular formula is C14H23ClN3S+. The van der Waals surface area contributed by atoms with Gasteiger partial charge in [-0.3, -0.25) is 0 Å². The van der Waals surface area contributed by atoms with E-state index in [2.05, 4.69) is 24.5 Å². The van der Waals surface area contributed by atoms with Gasteiger partial charge in [0, 0.05) is 10.7 Å². The molecule has 0 amide bonds. The summed E-state index contributed by atoms with van der Waals surface area (Å²) in [5, 5.41) is 7.76. The van der Waals surface area contributed by atoms with Gasteiger partial charge in [-0.2, -0.15) is 0 Å². The van der Waals surface area contributed by atoms with Gasteiger partial charge in [-0.25, -0.2) is 0 Å². The summed E-state index contributed by atoms with van der Waals surface area (Å²) in [6.45, 7) is 10.6. The average Bonchev–Trinajstić information content (AvgIpc) is 2.39. The fourth-order valence-corrected chi connectivity index (χ4v) is 2.20. The van der Waals surface area contributed by atoms with Crippen molar-refractivity contribution < 1.29 is 4.90 Å². The third-order valence-electron chi connectivity index (χ3n) is 3.19. The lowest BCUT2D eigenvalue weighted by Crippen LogP contribution is -3.12. The molecule has 1 aromatic carbocycles. The van der Waals surface area contributed by atoms with E-state index in [0.29, 0.717) is 5.11 Å². The van der Waals surface area contributed by atoms with Crippen LogP contribution in [-0.4, -0.2) is 31.3 Å². The fourth-order valence-electron chi connectivity index (χ4n) is 1.80. The van der Waals surface area contributed by atoms with Gasteiger partial charge in [-0.1, -0.05) is 17.7 Å². The third kappa shape index (κ3) is 5.76. The molecule has 19 heavy (non-hydrogen) atoms. The molecule has 0 atom stereocenters. The monoisotopic (exact) mass is 300 g/mol. The molecule has 0 spiro atoms. The van der Waals surface area contributed by atoms with Crippen molar-refractivity contribution in [2.24, 2.45) is 0 Å². The fraction of sp³-hybridized carbons (Fsp3) is 0.500. The molecule has 5 heteroatoms. The Morgan fingerprint density at radius 2 is 2.00 bits per heavy atom. The van der Waals surface area contributed by atoms with Crippen LogP contribution in [0.5, 0.6) is 0 Å². The van der Waals surface area contributed by atoms with Crippen LogP contribution >= 0.6 is 23.8 Å². The standard InChI is InChI=1S/C14H22ClN3S/c1-4-18(5-2)9-8-16-14(19)17-12-7-6-11(3)13(15)10-12/h6-7,10H,4-5,8-9H2,1-3H3,(H2,16,17,19)/p+1. The van der Waals surface area contributed by atoms with Crippen molar-refractivity contribution in [3.05, 3.63) is 28.8 Å². The highest BCUT2D eigenvalue weighted by atomic mass is 35.5. The molecule has 0 unspecified atom stereocenters. The van der Waals surface area contributed by atoms with Gasteiger partial charge >= 0.3 is 0 Å². The molecule has 0 bridgehead atoms. The molecule has 3 N–H and O–H groups in total. The van der Waals surface area contributed by atoms with E-state index in [-0.39, 0.29) is 0 Å². The molecule has 0 fully saturated rings. The highest BCUT2D eigenvalue weighted by Crippen LogP contribution is 2.19. The van der Waals surface area contributed by atoms with Gasteiger partial charge in [-0.15, -0.1) is 0 Å². The second kappa shape index (κ2) is 8.35. The molecule has 0 aliphatic heterocycles. The summed E-state index contributed by atoms with van der Waals surface area (Å²) in [7, 11) is 0. The number of hydrogen-bond acceptors (Lipinski definition) is 1. The predicted molar refractivity (Wildman–Crippen MR) is 87.3 cm³/mol. The molecule has 0 heterocycles. The first kappa shape index (κ1) is 16.2. The van der Waals surface area contributed by atoms with Crippen LogP contribution in [0.2, 0.25) is 5.02 Å². The van der Waals surface area contributed by atoms with Crippen LogP contribution < -0.4 is 15.5 Å². The zero-order valence-electron chi connectivity index (χ0n) is 11.8. The zero-order chi connectivity index (χ0) is 14.3. The van der Waals surface area contributed by atoms with E-state index < -0.39 is 0 Å². The molecule has 0 aliphatic rings.